The fourth-order valence-corrected chi connectivity index (χ4v) is 3.83. The molecule has 1 aromatic carbocycles. The summed E-state index contributed by atoms with van der Waals surface area (Å²) in [6.45, 7) is 5.22. The van der Waals surface area contributed by atoms with Crippen molar-refractivity contribution in [2.75, 3.05) is 24.1 Å². The maximum atomic E-state index is 12.1. The molecule has 0 unspecified atom stereocenters. The second-order valence-corrected chi connectivity index (χ2v) is 6.84. The Morgan fingerprint density at radius 2 is 2.12 bits per heavy atom. The average Bonchev–Trinajstić information content (AvgIpc) is 2.95. The van der Waals surface area contributed by atoms with Crippen molar-refractivity contribution in [3.63, 3.8) is 0 Å². The van der Waals surface area contributed by atoms with Crippen molar-refractivity contribution in [3.8, 4) is 0 Å². The van der Waals surface area contributed by atoms with Gasteiger partial charge in [-0.25, -0.2) is 4.98 Å². The number of rotatable bonds is 5. The van der Waals surface area contributed by atoms with Crippen LogP contribution in [0.15, 0.2) is 24.3 Å². The van der Waals surface area contributed by atoms with E-state index in [0.29, 0.717) is 12.8 Å². The average molecular weight is 403 g/mol. The van der Waals surface area contributed by atoms with Gasteiger partial charge in [0.2, 0.25) is 5.91 Å². The summed E-state index contributed by atoms with van der Waals surface area (Å²) >= 11 is 1.60. The molecule has 5 nitrogen and oxygen atoms in total. The number of benzene rings is 1. The molecule has 3 N–H and O–H groups in total. The molecule has 0 saturated carbocycles. The van der Waals surface area contributed by atoms with Crippen LogP contribution in [0.2, 0.25) is 0 Å². The third kappa shape index (κ3) is 5.57. The van der Waals surface area contributed by atoms with Gasteiger partial charge in [-0.15, -0.1) is 36.2 Å². The number of nitrogens with one attached hydrogen (secondary N) is 1. The minimum absolute atomic E-state index is 0. The summed E-state index contributed by atoms with van der Waals surface area (Å²) in [6, 6.07) is 7.67. The molecule has 1 aliphatic rings. The Morgan fingerprint density at radius 3 is 2.84 bits per heavy atom. The van der Waals surface area contributed by atoms with E-state index in [1.165, 1.54) is 4.88 Å². The monoisotopic (exact) mass is 402 g/mol. The van der Waals surface area contributed by atoms with E-state index in [-0.39, 0.29) is 30.7 Å². The van der Waals surface area contributed by atoms with Gasteiger partial charge in [0, 0.05) is 36.5 Å². The zero-order chi connectivity index (χ0) is 16.2. The Kier molecular flexibility index (Phi) is 8.65. The first-order chi connectivity index (χ1) is 11.2. The lowest BCUT2D eigenvalue weighted by molar-refractivity contribution is -0.116. The van der Waals surface area contributed by atoms with Crippen molar-refractivity contribution >= 4 is 52.9 Å². The third-order valence-electron chi connectivity index (χ3n) is 4.18. The molecule has 0 spiro atoms. The van der Waals surface area contributed by atoms with Crippen LogP contribution in [-0.4, -0.2) is 28.9 Å². The van der Waals surface area contributed by atoms with E-state index >= 15 is 0 Å². The highest BCUT2D eigenvalue weighted by Crippen LogP contribution is 2.28. The summed E-state index contributed by atoms with van der Waals surface area (Å²) in [5.41, 5.74) is 8.80. The second-order valence-electron chi connectivity index (χ2n) is 5.75. The van der Waals surface area contributed by atoms with Crippen LogP contribution in [-0.2, 0) is 24.2 Å². The van der Waals surface area contributed by atoms with Crippen LogP contribution in [0.1, 0.15) is 29.5 Å². The predicted molar refractivity (Wildman–Crippen MR) is 109 cm³/mol. The smallest absolute Gasteiger partial charge is 0.226 e. The van der Waals surface area contributed by atoms with Gasteiger partial charge < -0.3 is 11.1 Å². The summed E-state index contributed by atoms with van der Waals surface area (Å²) in [4.78, 5) is 20.4. The molecule has 8 heteroatoms. The molecule has 0 fully saturated rings. The molecule has 2 aromatic rings. The van der Waals surface area contributed by atoms with Gasteiger partial charge in [0.1, 0.15) is 0 Å². The molecule has 2 heterocycles. The number of hydrogen-bond acceptors (Lipinski definition) is 5. The number of likely N-dealkylation sites (N-methyl/N-ethyl adjacent to an activating group) is 1. The molecule has 3 rings (SSSR count). The van der Waals surface area contributed by atoms with Crippen LogP contribution in [0.3, 0.4) is 0 Å². The predicted octanol–water partition coefficient (Wildman–Crippen LogP) is 3.52. The fraction of sp³-hybridized carbons (Fsp3) is 0.412. The largest absolute Gasteiger partial charge is 0.399 e. The number of aromatic nitrogens is 1. The van der Waals surface area contributed by atoms with Gasteiger partial charge in [-0.3, -0.25) is 9.69 Å². The zero-order valence-corrected chi connectivity index (χ0v) is 16.6. The first kappa shape index (κ1) is 21.7. The van der Waals surface area contributed by atoms with Crippen LogP contribution in [0.4, 0.5) is 10.8 Å². The maximum Gasteiger partial charge on any atom is 0.226 e. The molecule has 138 valence electrons. The van der Waals surface area contributed by atoms with Crippen LogP contribution in [0.5, 0.6) is 0 Å². The topological polar surface area (TPSA) is 71.2 Å². The quantitative estimate of drug-likeness (QED) is 0.750. The van der Waals surface area contributed by atoms with Crippen LogP contribution in [0, 0.1) is 0 Å². The van der Waals surface area contributed by atoms with E-state index in [0.717, 1.165) is 48.1 Å². The molecule has 0 saturated heterocycles. The highest BCUT2D eigenvalue weighted by atomic mass is 35.5. The van der Waals surface area contributed by atoms with Gasteiger partial charge in [-0.1, -0.05) is 25.1 Å². The number of anilines is 2. The van der Waals surface area contributed by atoms with Crippen LogP contribution >= 0.6 is 36.2 Å². The molecule has 1 amide bonds. The first-order valence-corrected chi connectivity index (χ1v) is 8.81. The Hall–Kier alpha value is -1.34. The Balaban J connectivity index is 0.00000156. The zero-order valence-electron chi connectivity index (χ0n) is 14.2. The van der Waals surface area contributed by atoms with E-state index in [4.69, 9.17) is 5.73 Å². The van der Waals surface area contributed by atoms with Crippen molar-refractivity contribution in [1.29, 1.82) is 0 Å². The van der Waals surface area contributed by atoms with Crippen molar-refractivity contribution in [1.82, 2.24) is 9.88 Å². The highest BCUT2D eigenvalue weighted by molar-refractivity contribution is 7.15. The van der Waals surface area contributed by atoms with Crippen molar-refractivity contribution < 1.29 is 4.79 Å². The molecule has 1 aliphatic heterocycles. The molecule has 25 heavy (non-hydrogen) atoms. The van der Waals surface area contributed by atoms with E-state index < -0.39 is 0 Å². The molecule has 0 radical (unpaired) electrons. The van der Waals surface area contributed by atoms with E-state index in [1.54, 1.807) is 11.3 Å². The van der Waals surface area contributed by atoms with Crippen LogP contribution < -0.4 is 11.1 Å². The summed E-state index contributed by atoms with van der Waals surface area (Å²) in [7, 11) is 0. The number of fused-ring (bicyclic) bond motifs is 1. The number of nitrogens with zero attached hydrogens (tertiary/aromatic N) is 2. The van der Waals surface area contributed by atoms with Gasteiger partial charge in [-0.05, 0) is 24.6 Å². The summed E-state index contributed by atoms with van der Waals surface area (Å²) < 4.78 is 0. The number of para-hydroxylation sites is 1. The Labute approximate surface area is 164 Å². The van der Waals surface area contributed by atoms with E-state index in [9.17, 15) is 4.79 Å². The van der Waals surface area contributed by atoms with Gasteiger partial charge in [0.15, 0.2) is 5.13 Å². The minimum atomic E-state index is -0.00769. The number of nitrogens with two attached hydrogens (primary N) is 1. The number of thiazole rings is 1. The van der Waals surface area contributed by atoms with Crippen molar-refractivity contribution in [2.45, 2.75) is 32.7 Å². The molecule has 1 aromatic heterocycles. The second kappa shape index (κ2) is 9.97. The number of amides is 1. The number of halogens is 2. The van der Waals surface area contributed by atoms with Gasteiger partial charge in [0.05, 0.1) is 5.69 Å². The number of carbonyl (C=O) groups is 1. The molecule has 0 aliphatic carbocycles. The van der Waals surface area contributed by atoms with Crippen molar-refractivity contribution in [3.05, 3.63) is 40.4 Å². The number of nitrogen functional groups attached to an aromatic ring is 1. The van der Waals surface area contributed by atoms with E-state index in [2.05, 4.69) is 22.1 Å². The van der Waals surface area contributed by atoms with Gasteiger partial charge in [0.25, 0.3) is 0 Å². The van der Waals surface area contributed by atoms with Crippen LogP contribution in [0.25, 0.3) is 0 Å². The summed E-state index contributed by atoms with van der Waals surface area (Å²) in [6.07, 6.45) is 2.03. The maximum absolute atomic E-state index is 12.1. The third-order valence-corrected chi connectivity index (χ3v) is 5.18. The number of hydrogen-bond donors (Lipinski definition) is 2. The number of carbonyl (C=O) groups excluding carboxylic acids is 1. The highest BCUT2D eigenvalue weighted by Gasteiger charge is 2.20. The lowest BCUT2D eigenvalue weighted by atomic mass is 10.1. The van der Waals surface area contributed by atoms with Gasteiger partial charge in [-0.2, -0.15) is 0 Å². The minimum Gasteiger partial charge on any atom is -0.399 e. The lowest BCUT2D eigenvalue weighted by Crippen LogP contribution is -2.29. The molecule has 0 bridgehead atoms. The summed E-state index contributed by atoms with van der Waals surface area (Å²) in [5, 5.41) is 3.65. The molecular weight excluding hydrogens is 379 g/mol. The Bertz CT molecular complexity index is 708. The van der Waals surface area contributed by atoms with Gasteiger partial charge >= 0.3 is 0 Å². The molecule has 0 atom stereocenters. The first-order valence-electron chi connectivity index (χ1n) is 8.00. The van der Waals surface area contributed by atoms with E-state index in [1.807, 2.05) is 24.3 Å². The summed E-state index contributed by atoms with van der Waals surface area (Å²) in [5.74, 6) is -0.00769. The normalized spacial score (nSPS) is 13.3. The standard InChI is InChI=1S/C17H22N4OS.2ClH/c1-2-21-10-9-14-15(11-21)23-17(19-14)20-16(22)8-7-12-5-3-4-6-13(12)18;;/h3-6H,2,7-11,18H2,1H3,(H,19,20,22);2*1H. The lowest BCUT2D eigenvalue weighted by Gasteiger charge is -2.23. The Morgan fingerprint density at radius 1 is 1.36 bits per heavy atom. The molecular formula is C17H24Cl2N4OS. The number of aryl methyl sites for hydroxylation is 1. The van der Waals surface area contributed by atoms with Crippen molar-refractivity contribution in [2.24, 2.45) is 0 Å². The fourth-order valence-electron chi connectivity index (χ4n) is 2.76. The SMILES string of the molecule is CCN1CCc2nc(NC(=O)CCc3ccccc3N)sc2C1.Cl.Cl.